The molecule has 0 unspecified atom stereocenters. The van der Waals surface area contributed by atoms with Crippen LogP contribution >= 0.6 is 0 Å². The number of aliphatic hydroxyl groups excluding tert-OH is 7. The Morgan fingerprint density at radius 3 is 2.07 bits per heavy atom. The molecule has 1 aromatic heterocycles. The molecule has 10 atom stereocenters. The summed E-state index contributed by atoms with van der Waals surface area (Å²) in [6, 6.07) is 5.65. The van der Waals surface area contributed by atoms with E-state index >= 15 is 0 Å². The van der Waals surface area contributed by atoms with Crippen molar-refractivity contribution in [3.05, 3.63) is 40.6 Å². The van der Waals surface area contributed by atoms with Crippen LogP contribution in [-0.2, 0) is 14.2 Å². The zero-order chi connectivity index (χ0) is 32.7. The summed E-state index contributed by atoms with van der Waals surface area (Å²) in [7, 11) is 1.23. The number of hydrogen-bond acceptors (Lipinski definition) is 17. The lowest BCUT2D eigenvalue weighted by Gasteiger charge is -2.42. The van der Waals surface area contributed by atoms with Gasteiger partial charge in [0.1, 0.15) is 71.3 Å². The zero-order valence-corrected chi connectivity index (χ0v) is 23.4. The summed E-state index contributed by atoms with van der Waals surface area (Å²) in [6.45, 7) is -1.39. The molecule has 246 valence electrons. The van der Waals surface area contributed by atoms with Crippen molar-refractivity contribution in [2.45, 2.75) is 61.4 Å². The lowest BCUT2D eigenvalue weighted by molar-refractivity contribution is -0.323. The van der Waals surface area contributed by atoms with E-state index in [1.54, 1.807) is 0 Å². The number of aromatic hydroxyl groups is 3. The molecule has 0 bridgehead atoms. The van der Waals surface area contributed by atoms with Crippen molar-refractivity contribution >= 4 is 11.0 Å². The van der Waals surface area contributed by atoms with Gasteiger partial charge in [-0.25, -0.2) is 0 Å². The van der Waals surface area contributed by atoms with E-state index in [1.807, 2.05) is 0 Å². The Hall–Kier alpha value is -3.75. The molecule has 0 radical (unpaired) electrons. The molecule has 2 aliphatic rings. The Morgan fingerprint density at radius 1 is 0.778 bits per heavy atom. The molecule has 17 heteroatoms. The first-order valence-corrected chi connectivity index (χ1v) is 13.5. The molecule has 3 aromatic rings. The minimum atomic E-state index is -1.97. The molecule has 2 fully saturated rings. The molecule has 0 spiro atoms. The third-order valence-corrected chi connectivity index (χ3v) is 7.54. The molecule has 5 rings (SSSR count). The fourth-order valence-electron chi connectivity index (χ4n) is 5.04. The van der Waals surface area contributed by atoms with Crippen LogP contribution in [0.25, 0.3) is 22.3 Å². The zero-order valence-electron chi connectivity index (χ0n) is 23.4. The minimum Gasteiger partial charge on any atom is -0.508 e. The second-order valence-corrected chi connectivity index (χ2v) is 10.5. The van der Waals surface area contributed by atoms with Gasteiger partial charge in [0.25, 0.3) is 0 Å². The standard InChI is InChI=1S/C28H32O17/c1-40-13-5-10(30)6-14-17(13)20(35)26(25(42-14)9-2-3-11(31)12(32)4-9)45-28-24(39)22(37)19(34)16(44-28)8-41-27-23(38)21(36)18(33)15(7-29)43-27/h2-6,15-16,18-19,21-24,27-34,36-39H,7-8H2,1H3/t15-,16+,18-,19+,21+,22-,23-,24+,27-,28-/m0/s1. The molecule has 0 aliphatic carbocycles. The SMILES string of the molecule is COc1cc(O)cc2oc(-c3ccc(O)c(O)c3)c(O[C@@H]3O[C@H](CO[C@H]4O[C@@H](CO)[C@H](O)[C@@H](O)[C@@H]4O)[C@@H](O)[C@H](O)[C@H]3O)c(=O)c12. The number of phenolic OH excluding ortho intramolecular Hbond substituents is 3. The quantitative estimate of drug-likeness (QED) is 0.115. The molecule has 0 amide bonds. The van der Waals surface area contributed by atoms with Gasteiger partial charge in [0.2, 0.25) is 17.5 Å². The van der Waals surface area contributed by atoms with Crippen LogP contribution < -0.4 is 14.9 Å². The molecular formula is C28H32O17. The fraction of sp³-hybridized carbons (Fsp3) is 0.464. The second-order valence-electron chi connectivity index (χ2n) is 10.5. The average Bonchev–Trinajstić information content (AvgIpc) is 3.02. The molecule has 45 heavy (non-hydrogen) atoms. The number of rotatable bonds is 8. The fourth-order valence-corrected chi connectivity index (χ4v) is 5.04. The molecule has 2 aromatic carbocycles. The van der Waals surface area contributed by atoms with Crippen LogP contribution in [0.5, 0.6) is 28.7 Å². The Morgan fingerprint density at radius 2 is 1.42 bits per heavy atom. The first-order valence-electron chi connectivity index (χ1n) is 13.5. The number of ether oxygens (including phenoxy) is 5. The lowest BCUT2D eigenvalue weighted by atomic mass is 9.98. The van der Waals surface area contributed by atoms with E-state index in [9.17, 15) is 55.9 Å². The minimum absolute atomic E-state index is 0.00464. The van der Waals surface area contributed by atoms with E-state index in [4.69, 9.17) is 28.1 Å². The van der Waals surface area contributed by atoms with Crippen molar-refractivity contribution in [1.29, 1.82) is 0 Å². The van der Waals surface area contributed by atoms with Gasteiger partial charge < -0.3 is 79.2 Å². The smallest absolute Gasteiger partial charge is 0.239 e. The predicted molar refractivity (Wildman–Crippen MR) is 146 cm³/mol. The number of phenols is 3. The summed E-state index contributed by atoms with van der Waals surface area (Å²) in [5, 5.41) is 101. The predicted octanol–water partition coefficient (Wildman–Crippen LogP) is -2.41. The van der Waals surface area contributed by atoms with Crippen molar-refractivity contribution in [3.63, 3.8) is 0 Å². The van der Waals surface area contributed by atoms with Crippen molar-refractivity contribution in [3.8, 4) is 40.1 Å². The Labute approximate surface area is 252 Å². The summed E-state index contributed by atoms with van der Waals surface area (Å²) in [5.74, 6) is -2.50. The van der Waals surface area contributed by atoms with Gasteiger partial charge in [-0.2, -0.15) is 0 Å². The maximum absolute atomic E-state index is 13.8. The maximum Gasteiger partial charge on any atom is 0.239 e. The average molecular weight is 641 g/mol. The summed E-state index contributed by atoms with van der Waals surface area (Å²) in [6.07, 6.45) is -17.2. The van der Waals surface area contributed by atoms with Crippen LogP contribution in [0.2, 0.25) is 0 Å². The largest absolute Gasteiger partial charge is 0.508 e. The lowest BCUT2D eigenvalue weighted by Crippen LogP contribution is -2.62. The van der Waals surface area contributed by atoms with Gasteiger partial charge in [0, 0.05) is 17.7 Å². The van der Waals surface area contributed by atoms with Crippen molar-refractivity contribution < 1.29 is 79.2 Å². The van der Waals surface area contributed by atoms with Gasteiger partial charge in [0.15, 0.2) is 23.5 Å². The van der Waals surface area contributed by atoms with Gasteiger partial charge in [0.05, 0.1) is 20.3 Å². The normalized spacial score (nSPS) is 32.0. The molecule has 0 saturated carbocycles. The van der Waals surface area contributed by atoms with E-state index in [1.165, 1.54) is 13.2 Å². The van der Waals surface area contributed by atoms with Crippen LogP contribution in [0.15, 0.2) is 39.5 Å². The molecular weight excluding hydrogens is 608 g/mol. The van der Waals surface area contributed by atoms with Crippen molar-refractivity contribution in [2.75, 3.05) is 20.3 Å². The highest BCUT2D eigenvalue weighted by Gasteiger charge is 2.48. The summed E-state index contributed by atoms with van der Waals surface area (Å²) in [4.78, 5) is 13.8. The molecule has 10 N–H and O–H groups in total. The van der Waals surface area contributed by atoms with Crippen LogP contribution in [-0.4, -0.2) is 133 Å². The highest BCUT2D eigenvalue weighted by Crippen LogP contribution is 2.39. The topological polar surface area (TPSA) is 279 Å². The number of benzene rings is 2. The molecule has 2 saturated heterocycles. The van der Waals surface area contributed by atoms with E-state index < -0.39 is 97.3 Å². The highest BCUT2D eigenvalue weighted by atomic mass is 16.7. The van der Waals surface area contributed by atoms with Crippen LogP contribution in [0.1, 0.15) is 0 Å². The summed E-state index contributed by atoms with van der Waals surface area (Å²) in [5.41, 5.74) is -1.07. The van der Waals surface area contributed by atoms with E-state index in [0.717, 1.165) is 24.3 Å². The van der Waals surface area contributed by atoms with Gasteiger partial charge in [-0.3, -0.25) is 4.79 Å². The molecule has 2 aliphatic heterocycles. The van der Waals surface area contributed by atoms with Crippen molar-refractivity contribution in [1.82, 2.24) is 0 Å². The number of methoxy groups -OCH3 is 1. The van der Waals surface area contributed by atoms with Gasteiger partial charge in [-0.05, 0) is 18.2 Å². The van der Waals surface area contributed by atoms with E-state index in [0.29, 0.717) is 0 Å². The summed E-state index contributed by atoms with van der Waals surface area (Å²) >= 11 is 0. The Bertz CT molecular complexity index is 1570. The number of fused-ring (bicyclic) bond motifs is 1. The van der Waals surface area contributed by atoms with Crippen molar-refractivity contribution in [2.24, 2.45) is 0 Å². The third kappa shape index (κ3) is 6.10. The van der Waals surface area contributed by atoms with Crippen LogP contribution in [0, 0.1) is 0 Å². The monoisotopic (exact) mass is 640 g/mol. The van der Waals surface area contributed by atoms with E-state index in [2.05, 4.69) is 0 Å². The van der Waals surface area contributed by atoms with Gasteiger partial charge in [-0.15, -0.1) is 0 Å². The number of aliphatic hydroxyl groups is 7. The van der Waals surface area contributed by atoms with E-state index in [-0.39, 0.29) is 33.8 Å². The van der Waals surface area contributed by atoms with Crippen LogP contribution in [0.3, 0.4) is 0 Å². The number of hydrogen-bond donors (Lipinski definition) is 10. The Kier molecular flexibility index (Phi) is 9.38. The Balaban J connectivity index is 1.49. The molecule has 17 nitrogen and oxygen atoms in total. The summed E-state index contributed by atoms with van der Waals surface area (Å²) < 4.78 is 33.2. The second kappa shape index (κ2) is 12.9. The first kappa shape index (κ1) is 32.6. The first-order chi connectivity index (χ1) is 21.4. The third-order valence-electron chi connectivity index (χ3n) is 7.54. The van der Waals surface area contributed by atoms with Gasteiger partial charge in [-0.1, -0.05) is 0 Å². The van der Waals surface area contributed by atoms with Gasteiger partial charge >= 0.3 is 0 Å². The van der Waals surface area contributed by atoms with Crippen LogP contribution in [0.4, 0.5) is 0 Å². The maximum atomic E-state index is 13.8. The highest BCUT2D eigenvalue weighted by molar-refractivity contribution is 5.88. The molecule has 3 heterocycles.